The van der Waals surface area contributed by atoms with Crippen molar-refractivity contribution in [3.05, 3.63) is 33.9 Å². The fraction of sp³-hybridized carbons (Fsp3) is 0.308. The van der Waals surface area contributed by atoms with Crippen molar-refractivity contribution in [3.8, 4) is 16.9 Å². The normalized spacial score (nSPS) is 15.3. The van der Waals surface area contributed by atoms with Crippen molar-refractivity contribution in [2.75, 3.05) is 20.3 Å². The van der Waals surface area contributed by atoms with Crippen LogP contribution in [0.3, 0.4) is 0 Å². The summed E-state index contributed by atoms with van der Waals surface area (Å²) in [4.78, 5) is 0. The van der Waals surface area contributed by atoms with Crippen LogP contribution in [0.15, 0.2) is 24.5 Å². The first-order chi connectivity index (χ1) is 9.19. The van der Waals surface area contributed by atoms with Crippen LogP contribution in [-0.2, 0) is 4.74 Å². The van der Waals surface area contributed by atoms with E-state index in [2.05, 4.69) is 27.7 Å². The average Bonchev–Trinajstić information content (AvgIpc) is 2.75. The van der Waals surface area contributed by atoms with E-state index in [1.165, 1.54) is 13.2 Å². The number of ether oxygens (including phenoxy) is 2. The molecule has 3 rings (SSSR count). The molecule has 0 N–H and O–H groups in total. The number of benzene rings is 1. The van der Waals surface area contributed by atoms with Crippen LogP contribution in [0.1, 0.15) is 6.04 Å². The molecule has 4 nitrogen and oxygen atoms in total. The third-order valence-electron chi connectivity index (χ3n) is 3.12. The summed E-state index contributed by atoms with van der Waals surface area (Å²) in [5, 5.41) is 4.31. The number of halogens is 2. The SMILES string of the molecule is COc1c(F)cc(I)cc1-c1cnn(C2COC2)c1. The maximum absolute atomic E-state index is 13.9. The van der Waals surface area contributed by atoms with E-state index >= 15 is 0 Å². The minimum Gasteiger partial charge on any atom is -0.493 e. The Labute approximate surface area is 123 Å². The second-order valence-electron chi connectivity index (χ2n) is 4.37. The minimum atomic E-state index is -0.357. The predicted molar refractivity (Wildman–Crippen MR) is 76.7 cm³/mol. The van der Waals surface area contributed by atoms with Gasteiger partial charge in [0.2, 0.25) is 0 Å². The van der Waals surface area contributed by atoms with E-state index in [4.69, 9.17) is 9.47 Å². The van der Waals surface area contributed by atoms with Crippen LogP contribution >= 0.6 is 22.6 Å². The maximum Gasteiger partial charge on any atom is 0.166 e. The zero-order chi connectivity index (χ0) is 13.4. The Kier molecular flexibility index (Phi) is 3.44. The molecule has 0 spiro atoms. The second-order valence-corrected chi connectivity index (χ2v) is 5.61. The van der Waals surface area contributed by atoms with Gasteiger partial charge in [-0.3, -0.25) is 4.68 Å². The van der Waals surface area contributed by atoms with Gasteiger partial charge in [0, 0.05) is 20.9 Å². The van der Waals surface area contributed by atoms with Gasteiger partial charge in [0.1, 0.15) is 0 Å². The zero-order valence-corrected chi connectivity index (χ0v) is 12.4. The van der Waals surface area contributed by atoms with Crippen molar-refractivity contribution < 1.29 is 13.9 Å². The standard InChI is InChI=1S/C13H12FIN2O2/c1-18-13-11(2-9(15)3-12(13)14)8-4-16-17(5-8)10-6-19-7-10/h2-5,10H,6-7H2,1H3. The first-order valence-corrected chi connectivity index (χ1v) is 6.92. The van der Waals surface area contributed by atoms with Crippen molar-refractivity contribution in [1.82, 2.24) is 9.78 Å². The van der Waals surface area contributed by atoms with Gasteiger partial charge in [-0.2, -0.15) is 5.10 Å². The van der Waals surface area contributed by atoms with Crippen molar-refractivity contribution in [2.24, 2.45) is 0 Å². The number of aromatic nitrogens is 2. The van der Waals surface area contributed by atoms with Crippen molar-refractivity contribution in [1.29, 1.82) is 0 Å². The largest absolute Gasteiger partial charge is 0.493 e. The smallest absolute Gasteiger partial charge is 0.166 e. The molecule has 2 heterocycles. The van der Waals surface area contributed by atoms with Gasteiger partial charge in [-0.05, 0) is 34.7 Å². The molecule has 0 saturated carbocycles. The van der Waals surface area contributed by atoms with E-state index in [1.54, 1.807) is 6.20 Å². The first-order valence-electron chi connectivity index (χ1n) is 5.84. The highest BCUT2D eigenvalue weighted by Crippen LogP contribution is 2.34. The van der Waals surface area contributed by atoms with Gasteiger partial charge in [0.05, 0.1) is 32.6 Å². The summed E-state index contributed by atoms with van der Waals surface area (Å²) in [6, 6.07) is 3.63. The fourth-order valence-electron chi connectivity index (χ4n) is 2.04. The van der Waals surface area contributed by atoms with Gasteiger partial charge in [-0.1, -0.05) is 0 Å². The van der Waals surface area contributed by atoms with Crippen molar-refractivity contribution in [3.63, 3.8) is 0 Å². The van der Waals surface area contributed by atoms with Gasteiger partial charge in [-0.15, -0.1) is 0 Å². The van der Waals surface area contributed by atoms with Gasteiger partial charge >= 0.3 is 0 Å². The highest BCUT2D eigenvalue weighted by molar-refractivity contribution is 14.1. The monoisotopic (exact) mass is 374 g/mol. The van der Waals surface area contributed by atoms with Crippen molar-refractivity contribution in [2.45, 2.75) is 6.04 Å². The molecule has 1 fully saturated rings. The van der Waals surface area contributed by atoms with Gasteiger partial charge < -0.3 is 9.47 Å². The first kappa shape index (κ1) is 12.9. The lowest BCUT2D eigenvalue weighted by atomic mass is 10.1. The molecule has 0 aliphatic carbocycles. The highest BCUT2D eigenvalue weighted by Gasteiger charge is 2.22. The minimum absolute atomic E-state index is 0.254. The van der Waals surface area contributed by atoms with E-state index in [-0.39, 0.29) is 17.6 Å². The summed E-state index contributed by atoms with van der Waals surface area (Å²) in [5.74, 6) is -0.103. The highest BCUT2D eigenvalue weighted by atomic mass is 127. The van der Waals surface area contributed by atoms with Gasteiger partial charge in [0.25, 0.3) is 0 Å². The second kappa shape index (κ2) is 5.09. The molecule has 0 atom stereocenters. The van der Waals surface area contributed by atoms with Gasteiger partial charge in [0.15, 0.2) is 11.6 Å². The van der Waals surface area contributed by atoms with E-state index in [0.29, 0.717) is 13.2 Å². The third-order valence-corrected chi connectivity index (χ3v) is 3.74. The molecule has 1 aromatic carbocycles. The van der Waals surface area contributed by atoms with E-state index in [1.807, 2.05) is 16.9 Å². The molecule has 0 unspecified atom stereocenters. The number of rotatable bonds is 3. The lowest BCUT2D eigenvalue weighted by molar-refractivity contribution is -0.0286. The lowest BCUT2D eigenvalue weighted by Crippen LogP contribution is -2.30. The number of hydrogen-bond donors (Lipinski definition) is 0. The van der Waals surface area contributed by atoms with Gasteiger partial charge in [-0.25, -0.2) is 4.39 Å². The summed E-state index contributed by atoms with van der Waals surface area (Å²) < 4.78 is 26.8. The van der Waals surface area contributed by atoms with E-state index in [0.717, 1.165) is 14.7 Å². The zero-order valence-electron chi connectivity index (χ0n) is 10.3. The summed E-state index contributed by atoms with van der Waals surface area (Å²) in [6.45, 7) is 1.36. The number of nitrogens with zero attached hydrogens (tertiary/aromatic N) is 2. The van der Waals surface area contributed by atoms with Crippen LogP contribution in [0.4, 0.5) is 4.39 Å². The average molecular weight is 374 g/mol. The summed E-state index contributed by atoms with van der Waals surface area (Å²) >= 11 is 2.09. The van der Waals surface area contributed by atoms with Crippen LogP contribution in [0.5, 0.6) is 5.75 Å². The number of hydrogen-bond acceptors (Lipinski definition) is 3. The van der Waals surface area contributed by atoms with E-state index < -0.39 is 0 Å². The van der Waals surface area contributed by atoms with Crippen molar-refractivity contribution >= 4 is 22.6 Å². The topological polar surface area (TPSA) is 36.3 Å². The predicted octanol–water partition coefficient (Wildman–Crippen LogP) is 2.87. The van der Waals surface area contributed by atoms with Crippen LogP contribution in [0, 0.1) is 9.39 Å². The van der Waals surface area contributed by atoms with E-state index in [9.17, 15) is 4.39 Å². The molecule has 100 valence electrons. The summed E-state index contributed by atoms with van der Waals surface area (Å²) in [7, 11) is 1.47. The van der Waals surface area contributed by atoms with Crippen LogP contribution < -0.4 is 4.74 Å². The van der Waals surface area contributed by atoms with Crippen LogP contribution in [0.2, 0.25) is 0 Å². The molecular formula is C13H12FIN2O2. The molecule has 0 radical (unpaired) electrons. The molecule has 6 heteroatoms. The molecule has 2 aromatic rings. The summed E-state index contributed by atoms with van der Waals surface area (Å²) in [5.41, 5.74) is 1.57. The molecule has 0 amide bonds. The lowest BCUT2D eigenvalue weighted by Gasteiger charge is -2.25. The molecule has 1 aromatic heterocycles. The Bertz CT molecular complexity index is 611. The Balaban J connectivity index is 2.03. The Morgan fingerprint density at radius 3 is 2.89 bits per heavy atom. The molecule has 1 saturated heterocycles. The quantitative estimate of drug-likeness (QED) is 0.776. The molecular weight excluding hydrogens is 362 g/mol. The van der Waals surface area contributed by atoms with Crippen LogP contribution in [-0.4, -0.2) is 30.1 Å². The van der Waals surface area contributed by atoms with Crippen LogP contribution in [0.25, 0.3) is 11.1 Å². The molecule has 19 heavy (non-hydrogen) atoms. The Morgan fingerprint density at radius 2 is 2.26 bits per heavy atom. The Morgan fingerprint density at radius 1 is 1.47 bits per heavy atom. The fourth-order valence-corrected chi connectivity index (χ4v) is 2.62. The third kappa shape index (κ3) is 2.34. The summed E-state index contributed by atoms with van der Waals surface area (Å²) in [6.07, 6.45) is 3.63. The molecule has 0 bridgehead atoms. The Hall–Kier alpha value is -1.15. The molecule has 1 aliphatic heterocycles. The molecule has 1 aliphatic rings. The number of methoxy groups -OCH3 is 1. The maximum atomic E-state index is 13.9.